The van der Waals surface area contributed by atoms with Gasteiger partial charge in [0.2, 0.25) is 0 Å². The lowest BCUT2D eigenvalue weighted by atomic mass is 10.3. The minimum absolute atomic E-state index is 0.246. The van der Waals surface area contributed by atoms with E-state index >= 15 is 0 Å². The highest BCUT2D eigenvalue weighted by atomic mass is 16.5. The molecule has 0 aliphatic carbocycles. The van der Waals surface area contributed by atoms with Crippen LogP contribution in [0, 0.1) is 0 Å². The van der Waals surface area contributed by atoms with Crippen molar-refractivity contribution in [2.45, 2.75) is 19.8 Å². The van der Waals surface area contributed by atoms with Crippen LogP contribution in [0.15, 0.2) is 24.3 Å². The van der Waals surface area contributed by atoms with Crippen molar-refractivity contribution in [1.29, 1.82) is 0 Å². The molecule has 0 saturated carbocycles. The highest BCUT2D eigenvalue weighted by Gasteiger charge is 2.06. The first-order chi connectivity index (χ1) is 10.8. The van der Waals surface area contributed by atoms with Crippen LogP contribution in [-0.2, 0) is 9.47 Å². The van der Waals surface area contributed by atoms with E-state index in [0.29, 0.717) is 44.4 Å². The lowest BCUT2D eigenvalue weighted by molar-refractivity contribution is 0.145. The average Bonchev–Trinajstić information content (AvgIpc) is 2.53. The van der Waals surface area contributed by atoms with E-state index in [-0.39, 0.29) is 6.03 Å². The van der Waals surface area contributed by atoms with Crippen molar-refractivity contribution in [3.05, 3.63) is 24.3 Å². The summed E-state index contributed by atoms with van der Waals surface area (Å²) in [6.45, 7) is 5.06. The Labute approximate surface area is 132 Å². The topological polar surface area (TPSA) is 68.8 Å². The van der Waals surface area contributed by atoms with Crippen LogP contribution >= 0.6 is 0 Å². The third kappa shape index (κ3) is 7.85. The molecular weight excluding hydrogens is 284 g/mol. The quantitative estimate of drug-likeness (QED) is 0.617. The molecule has 0 aliphatic rings. The Morgan fingerprint density at radius 3 is 2.73 bits per heavy atom. The number of methoxy groups -OCH3 is 1. The van der Waals surface area contributed by atoms with Gasteiger partial charge in [-0.1, -0.05) is 12.1 Å². The molecular formula is C16H26N2O4. The Hall–Kier alpha value is -1.79. The van der Waals surface area contributed by atoms with Crippen LogP contribution in [0.5, 0.6) is 5.75 Å². The van der Waals surface area contributed by atoms with Gasteiger partial charge in [-0.2, -0.15) is 0 Å². The minimum Gasteiger partial charge on any atom is -0.491 e. The largest absolute Gasteiger partial charge is 0.491 e. The number of carbonyl (C=O) groups excluding carboxylic acids is 1. The molecule has 0 fully saturated rings. The second-order valence-electron chi connectivity index (χ2n) is 4.62. The molecule has 22 heavy (non-hydrogen) atoms. The molecule has 0 unspecified atom stereocenters. The second-order valence-corrected chi connectivity index (χ2v) is 4.62. The maximum atomic E-state index is 11.8. The predicted molar refractivity (Wildman–Crippen MR) is 86.6 cm³/mol. The minimum atomic E-state index is -0.246. The summed E-state index contributed by atoms with van der Waals surface area (Å²) < 4.78 is 15.8. The fraction of sp³-hybridized carbons (Fsp3) is 0.562. The molecule has 1 aromatic carbocycles. The van der Waals surface area contributed by atoms with Crippen LogP contribution in [0.2, 0.25) is 0 Å². The van der Waals surface area contributed by atoms with Gasteiger partial charge < -0.3 is 24.8 Å². The van der Waals surface area contributed by atoms with E-state index in [2.05, 4.69) is 10.6 Å². The monoisotopic (exact) mass is 310 g/mol. The number of ether oxygens (including phenoxy) is 3. The van der Waals surface area contributed by atoms with Crippen molar-refractivity contribution in [2.75, 3.05) is 45.4 Å². The average molecular weight is 310 g/mol. The zero-order valence-electron chi connectivity index (χ0n) is 13.4. The van der Waals surface area contributed by atoms with E-state index in [9.17, 15) is 4.79 Å². The van der Waals surface area contributed by atoms with Crippen molar-refractivity contribution in [2.24, 2.45) is 0 Å². The molecule has 124 valence electrons. The lowest BCUT2D eigenvalue weighted by Crippen LogP contribution is -2.30. The lowest BCUT2D eigenvalue weighted by Gasteiger charge is -2.13. The van der Waals surface area contributed by atoms with E-state index in [1.54, 1.807) is 7.11 Å². The van der Waals surface area contributed by atoms with Gasteiger partial charge in [-0.25, -0.2) is 4.79 Å². The number of benzene rings is 1. The van der Waals surface area contributed by atoms with E-state index < -0.39 is 0 Å². The van der Waals surface area contributed by atoms with Crippen LogP contribution < -0.4 is 15.4 Å². The van der Waals surface area contributed by atoms with Crippen molar-refractivity contribution < 1.29 is 19.0 Å². The van der Waals surface area contributed by atoms with Crippen LogP contribution in [-0.4, -0.2) is 46.1 Å². The summed E-state index contributed by atoms with van der Waals surface area (Å²) in [5, 5.41) is 5.58. The standard InChI is InChI=1S/C16H26N2O4/c1-3-21-12-6-10-17-16(19)18-14-8-4-5-9-15(14)22-13-7-11-20-2/h4-5,8-9H,3,6-7,10-13H2,1-2H3,(H2,17,18,19). The van der Waals surface area contributed by atoms with Crippen LogP contribution in [0.25, 0.3) is 0 Å². The number of amides is 2. The number of urea groups is 1. The van der Waals surface area contributed by atoms with Gasteiger partial charge in [-0.15, -0.1) is 0 Å². The third-order valence-corrected chi connectivity index (χ3v) is 2.84. The van der Waals surface area contributed by atoms with Crippen molar-refractivity contribution in [3.8, 4) is 5.75 Å². The van der Waals surface area contributed by atoms with Gasteiger partial charge >= 0.3 is 6.03 Å². The van der Waals surface area contributed by atoms with Gasteiger partial charge in [0, 0.05) is 39.9 Å². The van der Waals surface area contributed by atoms with Crippen molar-refractivity contribution in [3.63, 3.8) is 0 Å². The highest BCUT2D eigenvalue weighted by Crippen LogP contribution is 2.23. The van der Waals surface area contributed by atoms with Crippen LogP contribution in [0.4, 0.5) is 10.5 Å². The first-order valence-corrected chi connectivity index (χ1v) is 7.61. The zero-order valence-corrected chi connectivity index (χ0v) is 13.4. The zero-order chi connectivity index (χ0) is 16.0. The molecule has 0 saturated heterocycles. The Morgan fingerprint density at radius 1 is 1.14 bits per heavy atom. The van der Waals surface area contributed by atoms with Gasteiger partial charge in [0.25, 0.3) is 0 Å². The van der Waals surface area contributed by atoms with Gasteiger partial charge in [0.05, 0.1) is 12.3 Å². The molecule has 0 atom stereocenters. The molecule has 1 aromatic rings. The maximum absolute atomic E-state index is 11.8. The third-order valence-electron chi connectivity index (χ3n) is 2.84. The maximum Gasteiger partial charge on any atom is 0.319 e. The number of carbonyl (C=O) groups is 1. The summed E-state index contributed by atoms with van der Waals surface area (Å²) in [4.78, 5) is 11.8. The van der Waals surface area contributed by atoms with Crippen LogP contribution in [0.1, 0.15) is 19.8 Å². The first-order valence-electron chi connectivity index (χ1n) is 7.61. The molecule has 1 rings (SSSR count). The van der Waals surface area contributed by atoms with E-state index in [1.165, 1.54) is 0 Å². The van der Waals surface area contributed by atoms with E-state index in [4.69, 9.17) is 14.2 Å². The number of hydrogen-bond donors (Lipinski definition) is 2. The second kappa shape index (κ2) is 11.8. The Bertz CT molecular complexity index is 426. The van der Waals surface area contributed by atoms with Gasteiger partial charge in [-0.05, 0) is 25.5 Å². The summed E-state index contributed by atoms with van der Waals surface area (Å²) in [5.74, 6) is 0.656. The summed E-state index contributed by atoms with van der Waals surface area (Å²) in [6.07, 6.45) is 1.59. The number of anilines is 1. The molecule has 0 heterocycles. The summed E-state index contributed by atoms with van der Waals surface area (Å²) >= 11 is 0. The Kier molecular flexibility index (Phi) is 9.81. The first kappa shape index (κ1) is 18.3. The molecule has 0 radical (unpaired) electrons. The Balaban J connectivity index is 2.35. The summed E-state index contributed by atoms with van der Waals surface area (Å²) in [7, 11) is 1.66. The molecule has 0 bridgehead atoms. The molecule has 6 heteroatoms. The highest BCUT2D eigenvalue weighted by molar-refractivity contribution is 5.90. The van der Waals surface area contributed by atoms with E-state index in [0.717, 1.165) is 12.8 Å². The predicted octanol–water partition coefficient (Wildman–Crippen LogP) is 2.65. The smallest absolute Gasteiger partial charge is 0.319 e. The van der Waals surface area contributed by atoms with Gasteiger partial charge in [0.1, 0.15) is 5.75 Å². The van der Waals surface area contributed by atoms with Gasteiger partial charge in [0.15, 0.2) is 0 Å². The Morgan fingerprint density at radius 2 is 1.95 bits per heavy atom. The van der Waals surface area contributed by atoms with Crippen LogP contribution in [0.3, 0.4) is 0 Å². The van der Waals surface area contributed by atoms with Crippen molar-refractivity contribution >= 4 is 11.7 Å². The normalized spacial score (nSPS) is 10.3. The fourth-order valence-electron chi connectivity index (χ4n) is 1.77. The molecule has 2 N–H and O–H groups in total. The fourth-order valence-corrected chi connectivity index (χ4v) is 1.77. The summed E-state index contributed by atoms with van der Waals surface area (Å²) in [5.41, 5.74) is 0.655. The number of para-hydroxylation sites is 2. The number of nitrogens with one attached hydrogen (secondary N) is 2. The molecule has 2 amide bonds. The molecule has 0 aromatic heterocycles. The summed E-state index contributed by atoms with van der Waals surface area (Å²) in [6, 6.07) is 7.12. The SMILES string of the molecule is CCOCCCNC(=O)Nc1ccccc1OCCCOC. The molecule has 0 spiro atoms. The van der Waals surface area contributed by atoms with Gasteiger partial charge in [-0.3, -0.25) is 0 Å². The molecule has 6 nitrogen and oxygen atoms in total. The van der Waals surface area contributed by atoms with Crippen molar-refractivity contribution in [1.82, 2.24) is 5.32 Å². The number of rotatable bonds is 11. The van der Waals surface area contributed by atoms with E-state index in [1.807, 2.05) is 31.2 Å². The molecule has 0 aliphatic heterocycles. The number of hydrogen-bond acceptors (Lipinski definition) is 4.